The van der Waals surface area contributed by atoms with Gasteiger partial charge in [0.2, 0.25) is 0 Å². The summed E-state index contributed by atoms with van der Waals surface area (Å²) >= 11 is 0. The summed E-state index contributed by atoms with van der Waals surface area (Å²) in [5.74, 6) is 1.05. The molecule has 1 aliphatic heterocycles. The molecule has 2 heteroatoms. The molecule has 130 valence electrons. The summed E-state index contributed by atoms with van der Waals surface area (Å²) in [4.78, 5) is 2.55. The molecule has 2 nitrogen and oxygen atoms in total. The highest BCUT2D eigenvalue weighted by Gasteiger charge is 2.38. The summed E-state index contributed by atoms with van der Waals surface area (Å²) in [7, 11) is 4.07. The van der Waals surface area contributed by atoms with E-state index in [4.69, 9.17) is 4.74 Å². The van der Waals surface area contributed by atoms with Gasteiger partial charge < -0.3 is 9.64 Å². The highest BCUT2D eigenvalue weighted by Crippen LogP contribution is 2.45. The minimum absolute atomic E-state index is 0.333. The molecule has 3 rings (SSSR count). The maximum Gasteiger partial charge on any atom is 0.122 e. The van der Waals surface area contributed by atoms with Gasteiger partial charge in [0.05, 0.1) is 7.11 Å². The van der Waals surface area contributed by atoms with Crippen molar-refractivity contribution in [2.24, 2.45) is 0 Å². The van der Waals surface area contributed by atoms with Crippen molar-refractivity contribution in [1.29, 1.82) is 0 Å². The number of aryl methyl sites for hydroxylation is 2. The Morgan fingerprint density at radius 3 is 2.57 bits per heavy atom. The van der Waals surface area contributed by atoms with Gasteiger partial charge in [0.15, 0.2) is 0 Å². The van der Waals surface area contributed by atoms with Crippen LogP contribution in [0.4, 0.5) is 0 Å². The normalized spacial score (nSPS) is 26.6. The van der Waals surface area contributed by atoms with Crippen molar-refractivity contribution in [2.45, 2.75) is 77.7 Å². The number of fused-ring (bicyclic) bond motifs is 1. The van der Waals surface area contributed by atoms with E-state index in [0.29, 0.717) is 5.41 Å². The van der Waals surface area contributed by atoms with Crippen molar-refractivity contribution < 1.29 is 4.74 Å². The van der Waals surface area contributed by atoms with Crippen LogP contribution in [0.3, 0.4) is 0 Å². The molecule has 23 heavy (non-hydrogen) atoms. The number of rotatable bonds is 3. The number of nitrogens with zero attached hydrogens (tertiary/aromatic N) is 1. The van der Waals surface area contributed by atoms with Crippen molar-refractivity contribution in [3.05, 3.63) is 28.8 Å². The van der Waals surface area contributed by atoms with E-state index in [1.807, 2.05) is 0 Å². The zero-order valence-corrected chi connectivity index (χ0v) is 16.0. The molecule has 2 atom stereocenters. The maximum atomic E-state index is 5.54. The topological polar surface area (TPSA) is 12.5 Å². The third-order valence-electron chi connectivity index (χ3n) is 5.57. The van der Waals surface area contributed by atoms with E-state index in [0.717, 1.165) is 11.8 Å². The summed E-state index contributed by atoms with van der Waals surface area (Å²) in [6.07, 6.45) is 7.79. The Morgan fingerprint density at radius 2 is 2.00 bits per heavy atom. The summed E-state index contributed by atoms with van der Waals surface area (Å²) < 4.78 is 5.54. The van der Waals surface area contributed by atoms with Crippen LogP contribution in [0.5, 0.6) is 5.75 Å². The standard InChI is InChI=1S/C18H27NO.C3H8/c1-13-10-14-7-8-18(2,16(14)11-17(13)20-4)12-15-6-5-9-19(15)3;1-3-2/h10-11,15H,5-9,12H2,1-4H3;3H2,1-2H3/t15-,18?;/m1./s1. The summed E-state index contributed by atoms with van der Waals surface area (Å²) in [5.41, 5.74) is 4.69. The fourth-order valence-electron chi connectivity index (χ4n) is 4.25. The minimum atomic E-state index is 0.333. The Labute approximate surface area is 143 Å². The maximum absolute atomic E-state index is 5.54. The van der Waals surface area contributed by atoms with Crippen LogP contribution in [-0.4, -0.2) is 31.6 Å². The molecule has 1 heterocycles. The van der Waals surface area contributed by atoms with E-state index in [-0.39, 0.29) is 0 Å². The third-order valence-corrected chi connectivity index (χ3v) is 5.57. The summed E-state index contributed by atoms with van der Waals surface area (Å²) in [6, 6.07) is 5.42. The number of hydrogen-bond donors (Lipinski definition) is 0. The molecule has 1 saturated heterocycles. The smallest absolute Gasteiger partial charge is 0.122 e. The first kappa shape index (κ1) is 18.3. The first-order valence-corrected chi connectivity index (χ1v) is 9.33. The van der Waals surface area contributed by atoms with Gasteiger partial charge >= 0.3 is 0 Å². The Kier molecular flexibility index (Phi) is 6.13. The van der Waals surface area contributed by atoms with Gasteiger partial charge in [0.25, 0.3) is 0 Å². The molecule has 0 amide bonds. The third kappa shape index (κ3) is 3.91. The van der Waals surface area contributed by atoms with E-state index in [2.05, 4.69) is 51.8 Å². The quantitative estimate of drug-likeness (QED) is 0.768. The molecular formula is C21H35NO. The van der Waals surface area contributed by atoms with Gasteiger partial charge in [-0.15, -0.1) is 0 Å². The second-order valence-electron chi connectivity index (χ2n) is 7.73. The molecule has 1 aliphatic carbocycles. The predicted octanol–water partition coefficient (Wildman–Crippen LogP) is 5.11. The summed E-state index contributed by atoms with van der Waals surface area (Å²) in [6.45, 7) is 10.1. The molecule has 2 aliphatic rings. The van der Waals surface area contributed by atoms with Crippen LogP contribution in [0.1, 0.15) is 69.6 Å². The number of ether oxygens (including phenoxy) is 1. The van der Waals surface area contributed by atoms with E-state index in [9.17, 15) is 0 Å². The van der Waals surface area contributed by atoms with Crippen LogP contribution >= 0.6 is 0 Å². The Bertz CT molecular complexity index is 525. The van der Waals surface area contributed by atoms with Crippen LogP contribution in [0, 0.1) is 6.92 Å². The van der Waals surface area contributed by atoms with Crippen LogP contribution in [0.15, 0.2) is 12.1 Å². The zero-order chi connectivity index (χ0) is 17.0. The molecule has 0 spiro atoms. The summed E-state index contributed by atoms with van der Waals surface area (Å²) in [5, 5.41) is 0. The van der Waals surface area contributed by atoms with E-state index >= 15 is 0 Å². The van der Waals surface area contributed by atoms with Crippen molar-refractivity contribution >= 4 is 0 Å². The molecule has 1 aromatic carbocycles. The lowest BCUT2D eigenvalue weighted by atomic mass is 9.77. The molecule has 1 aromatic rings. The van der Waals surface area contributed by atoms with E-state index in [1.165, 1.54) is 50.6 Å². The van der Waals surface area contributed by atoms with Crippen molar-refractivity contribution in [3.8, 4) is 5.75 Å². The number of benzene rings is 1. The number of methoxy groups -OCH3 is 1. The predicted molar refractivity (Wildman–Crippen MR) is 99.6 cm³/mol. The average molecular weight is 318 g/mol. The van der Waals surface area contributed by atoms with Crippen LogP contribution in [0.25, 0.3) is 0 Å². The first-order valence-electron chi connectivity index (χ1n) is 9.33. The Morgan fingerprint density at radius 1 is 1.30 bits per heavy atom. The molecule has 0 radical (unpaired) electrons. The lowest BCUT2D eigenvalue weighted by Gasteiger charge is -2.32. The fourth-order valence-corrected chi connectivity index (χ4v) is 4.25. The van der Waals surface area contributed by atoms with Gasteiger partial charge in [-0.3, -0.25) is 0 Å². The second-order valence-corrected chi connectivity index (χ2v) is 7.73. The lowest BCUT2D eigenvalue weighted by molar-refractivity contribution is 0.245. The number of likely N-dealkylation sites (tertiary alicyclic amines) is 1. The largest absolute Gasteiger partial charge is 0.496 e. The highest BCUT2D eigenvalue weighted by atomic mass is 16.5. The molecular weight excluding hydrogens is 282 g/mol. The highest BCUT2D eigenvalue weighted by molar-refractivity contribution is 5.48. The van der Waals surface area contributed by atoms with Gasteiger partial charge in [-0.05, 0) is 80.8 Å². The Balaban J connectivity index is 0.000000595. The molecule has 0 bridgehead atoms. The fraction of sp³-hybridized carbons (Fsp3) is 0.714. The van der Waals surface area contributed by atoms with Gasteiger partial charge in [-0.1, -0.05) is 33.3 Å². The lowest BCUT2D eigenvalue weighted by Crippen LogP contribution is -2.33. The van der Waals surface area contributed by atoms with Crippen molar-refractivity contribution in [1.82, 2.24) is 4.90 Å². The van der Waals surface area contributed by atoms with Gasteiger partial charge in [-0.25, -0.2) is 0 Å². The van der Waals surface area contributed by atoms with Gasteiger partial charge in [0, 0.05) is 6.04 Å². The van der Waals surface area contributed by atoms with Gasteiger partial charge in [-0.2, -0.15) is 0 Å². The first-order chi connectivity index (χ1) is 10.9. The average Bonchev–Trinajstić information content (AvgIpc) is 3.04. The van der Waals surface area contributed by atoms with E-state index in [1.54, 1.807) is 18.2 Å². The van der Waals surface area contributed by atoms with E-state index < -0.39 is 0 Å². The van der Waals surface area contributed by atoms with Crippen molar-refractivity contribution in [2.75, 3.05) is 20.7 Å². The van der Waals surface area contributed by atoms with Crippen LogP contribution in [0.2, 0.25) is 0 Å². The van der Waals surface area contributed by atoms with Crippen LogP contribution in [-0.2, 0) is 11.8 Å². The molecule has 0 N–H and O–H groups in total. The SMILES string of the molecule is CCC.COc1cc2c(cc1C)CCC2(C)C[C@H]1CCCN1C. The molecule has 0 aromatic heterocycles. The van der Waals surface area contributed by atoms with Crippen molar-refractivity contribution in [3.63, 3.8) is 0 Å². The number of hydrogen-bond acceptors (Lipinski definition) is 2. The molecule has 1 fully saturated rings. The minimum Gasteiger partial charge on any atom is -0.496 e. The Hall–Kier alpha value is -1.02. The molecule has 0 saturated carbocycles. The van der Waals surface area contributed by atoms with Gasteiger partial charge in [0.1, 0.15) is 5.75 Å². The zero-order valence-electron chi connectivity index (χ0n) is 16.0. The van der Waals surface area contributed by atoms with Crippen LogP contribution < -0.4 is 4.74 Å². The molecule has 1 unspecified atom stereocenters. The monoisotopic (exact) mass is 317 g/mol. The second kappa shape index (κ2) is 7.70.